The van der Waals surface area contributed by atoms with Gasteiger partial charge in [0, 0.05) is 55.7 Å². The van der Waals surface area contributed by atoms with Crippen molar-refractivity contribution in [3.63, 3.8) is 0 Å². The Balaban J connectivity index is 1.63. The van der Waals surface area contributed by atoms with Crippen LogP contribution in [0.25, 0.3) is 21.9 Å². The van der Waals surface area contributed by atoms with Crippen LogP contribution in [0.1, 0.15) is 13.0 Å². The smallest absolute Gasteiger partial charge is 0.293 e. The van der Waals surface area contributed by atoms with Gasteiger partial charge in [-0.2, -0.15) is 4.57 Å². The molecule has 6 heteroatoms. The van der Waals surface area contributed by atoms with Crippen LogP contribution in [0.5, 0.6) is 5.75 Å². The summed E-state index contributed by atoms with van der Waals surface area (Å²) in [6.45, 7) is 1.86. The SMILES string of the molecule is COc1cc2c(cc1NC(=O)[C@H](C)[n+]1ccc(N(C)C)cc1)oc1ccccc12. The number of para-hydroxylation sites is 1. The maximum absolute atomic E-state index is 12.9. The number of furan rings is 1. The van der Waals surface area contributed by atoms with Gasteiger partial charge in [0.25, 0.3) is 5.91 Å². The van der Waals surface area contributed by atoms with E-state index in [4.69, 9.17) is 9.15 Å². The van der Waals surface area contributed by atoms with Gasteiger partial charge in [0.15, 0.2) is 12.4 Å². The third kappa shape index (κ3) is 3.49. The van der Waals surface area contributed by atoms with Gasteiger partial charge in [-0.15, -0.1) is 0 Å². The highest BCUT2D eigenvalue weighted by Gasteiger charge is 2.24. The Kier molecular flexibility index (Phi) is 4.84. The zero-order valence-electron chi connectivity index (χ0n) is 17.0. The molecule has 2 heterocycles. The van der Waals surface area contributed by atoms with E-state index in [0.29, 0.717) is 17.0 Å². The summed E-state index contributed by atoms with van der Waals surface area (Å²) in [6.07, 6.45) is 3.80. The summed E-state index contributed by atoms with van der Waals surface area (Å²) in [5.74, 6) is 0.457. The molecule has 0 unspecified atom stereocenters. The standard InChI is InChI=1S/C23H23N3O3/c1-15(26-11-9-16(10-12-26)25(2)3)23(27)24-19-14-21-18(13-22(19)28-4)17-7-5-6-8-20(17)29-21/h5-15H,1-4H3/p+1/t15-/m0/s1. The minimum atomic E-state index is -0.387. The fraction of sp³-hybridized carbons (Fsp3) is 0.217. The first-order valence-corrected chi connectivity index (χ1v) is 9.46. The van der Waals surface area contributed by atoms with E-state index >= 15 is 0 Å². The maximum Gasteiger partial charge on any atom is 0.293 e. The van der Waals surface area contributed by atoms with Crippen LogP contribution in [-0.2, 0) is 4.79 Å². The largest absolute Gasteiger partial charge is 0.495 e. The Morgan fingerprint density at radius 1 is 1.07 bits per heavy atom. The molecule has 4 rings (SSSR count). The van der Waals surface area contributed by atoms with Crippen molar-refractivity contribution < 1.29 is 18.5 Å². The van der Waals surface area contributed by atoms with Crippen LogP contribution in [0.2, 0.25) is 0 Å². The normalized spacial score (nSPS) is 12.1. The van der Waals surface area contributed by atoms with Crippen molar-refractivity contribution in [1.82, 2.24) is 0 Å². The first-order chi connectivity index (χ1) is 14.0. The third-order valence-electron chi connectivity index (χ3n) is 5.13. The molecule has 0 bridgehead atoms. The highest BCUT2D eigenvalue weighted by Crippen LogP contribution is 2.36. The summed E-state index contributed by atoms with van der Waals surface area (Å²) in [5, 5.41) is 4.95. The van der Waals surface area contributed by atoms with Gasteiger partial charge in [-0.3, -0.25) is 4.79 Å². The molecule has 2 aromatic heterocycles. The summed E-state index contributed by atoms with van der Waals surface area (Å²) < 4.78 is 13.3. The zero-order valence-corrected chi connectivity index (χ0v) is 17.0. The predicted octanol–water partition coefficient (Wildman–Crippen LogP) is 4.15. The van der Waals surface area contributed by atoms with Crippen molar-refractivity contribution in [2.24, 2.45) is 0 Å². The Morgan fingerprint density at radius 3 is 2.48 bits per heavy atom. The third-order valence-corrected chi connectivity index (χ3v) is 5.13. The van der Waals surface area contributed by atoms with Crippen LogP contribution in [0.3, 0.4) is 0 Å². The van der Waals surface area contributed by atoms with Crippen LogP contribution in [0, 0.1) is 0 Å². The molecule has 4 aromatic rings. The molecule has 0 aliphatic rings. The molecule has 6 nitrogen and oxygen atoms in total. The number of methoxy groups -OCH3 is 1. The van der Waals surface area contributed by atoms with Crippen molar-refractivity contribution in [2.75, 3.05) is 31.4 Å². The lowest BCUT2D eigenvalue weighted by Gasteiger charge is -2.14. The van der Waals surface area contributed by atoms with Gasteiger partial charge in [-0.25, -0.2) is 0 Å². The zero-order chi connectivity index (χ0) is 20.5. The Morgan fingerprint density at radius 2 is 1.79 bits per heavy atom. The van der Waals surface area contributed by atoms with Gasteiger partial charge in [0.05, 0.1) is 12.8 Å². The average Bonchev–Trinajstić information content (AvgIpc) is 3.09. The van der Waals surface area contributed by atoms with E-state index in [1.165, 1.54) is 0 Å². The molecular formula is C23H24N3O3+. The van der Waals surface area contributed by atoms with Crippen LogP contribution in [0.15, 0.2) is 65.3 Å². The Bertz CT molecular complexity index is 1180. The molecule has 148 valence electrons. The van der Waals surface area contributed by atoms with Crippen LogP contribution < -0.4 is 19.5 Å². The first-order valence-electron chi connectivity index (χ1n) is 9.46. The summed E-state index contributed by atoms with van der Waals surface area (Å²) in [6, 6.07) is 15.1. The number of hydrogen-bond acceptors (Lipinski definition) is 4. The van der Waals surface area contributed by atoms with E-state index in [9.17, 15) is 4.79 Å². The summed E-state index contributed by atoms with van der Waals surface area (Å²) in [5.41, 5.74) is 3.17. The minimum absolute atomic E-state index is 0.138. The highest BCUT2D eigenvalue weighted by molar-refractivity contribution is 6.07. The number of carbonyl (C=O) groups excluding carboxylic acids is 1. The van der Waals surface area contributed by atoms with Gasteiger partial charge in [-0.05, 0) is 12.1 Å². The van der Waals surface area contributed by atoms with E-state index < -0.39 is 0 Å². The van der Waals surface area contributed by atoms with Crippen molar-refractivity contribution in [1.29, 1.82) is 0 Å². The first kappa shape index (κ1) is 18.8. The molecule has 29 heavy (non-hydrogen) atoms. The lowest BCUT2D eigenvalue weighted by molar-refractivity contribution is -0.705. The molecule has 0 fully saturated rings. The van der Waals surface area contributed by atoms with E-state index in [2.05, 4.69) is 5.32 Å². The number of pyridine rings is 1. The van der Waals surface area contributed by atoms with Crippen molar-refractivity contribution >= 4 is 39.2 Å². The van der Waals surface area contributed by atoms with Crippen LogP contribution in [-0.4, -0.2) is 27.1 Å². The lowest BCUT2D eigenvalue weighted by atomic mass is 10.1. The number of nitrogens with one attached hydrogen (secondary N) is 1. The molecule has 0 aliphatic heterocycles. The Labute approximate surface area is 169 Å². The topological polar surface area (TPSA) is 58.6 Å². The molecule has 1 atom stereocenters. The monoisotopic (exact) mass is 390 g/mol. The molecule has 0 saturated carbocycles. The van der Waals surface area contributed by atoms with E-state index in [1.54, 1.807) is 7.11 Å². The number of ether oxygens (including phenoxy) is 1. The number of fused-ring (bicyclic) bond motifs is 3. The Hall–Kier alpha value is -3.54. The molecule has 1 N–H and O–H groups in total. The van der Waals surface area contributed by atoms with Gasteiger partial charge in [0.2, 0.25) is 6.04 Å². The average molecular weight is 390 g/mol. The fourth-order valence-electron chi connectivity index (χ4n) is 3.38. The quantitative estimate of drug-likeness (QED) is 0.520. The second-order valence-electron chi connectivity index (χ2n) is 7.21. The van der Waals surface area contributed by atoms with Crippen molar-refractivity contribution in [2.45, 2.75) is 13.0 Å². The molecule has 1 amide bonds. The molecule has 0 saturated heterocycles. The number of aromatic nitrogens is 1. The summed E-state index contributed by atoms with van der Waals surface area (Å²) in [7, 11) is 5.56. The minimum Gasteiger partial charge on any atom is -0.495 e. The molecule has 0 aliphatic carbocycles. The number of carbonyl (C=O) groups is 1. The number of hydrogen-bond donors (Lipinski definition) is 1. The molecule has 0 radical (unpaired) electrons. The van der Waals surface area contributed by atoms with E-state index in [1.807, 2.05) is 91.4 Å². The lowest BCUT2D eigenvalue weighted by Crippen LogP contribution is -2.44. The van der Waals surface area contributed by atoms with Gasteiger partial charge in [-0.1, -0.05) is 18.2 Å². The molecule has 2 aromatic carbocycles. The van der Waals surface area contributed by atoms with Gasteiger partial charge in [0.1, 0.15) is 16.9 Å². The predicted molar refractivity (Wildman–Crippen MR) is 115 cm³/mol. The van der Waals surface area contributed by atoms with Crippen LogP contribution in [0.4, 0.5) is 11.4 Å². The second kappa shape index (κ2) is 7.47. The highest BCUT2D eigenvalue weighted by atomic mass is 16.5. The van der Waals surface area contributed by atoms with Crippen molar-refractivity contribution in [3.8, 4) is 5.75 Å². The van der Waals surface area contributed by atoms with E-state index in [-0.39, 0.29) is 11.9 Å². The number of nitrogens with zero attached hydrogens (tertiary/aromatic N) is 2. The van der Waals surface area contributed by atoms with Gasteiger partial charge < -0.3 is 19.4 Å². The molecule has 0 spiro atoms. The summed E-state index contributed by atoms with van der Waals surface area (Å²) in [4.78, 5) is 14.9. The number of rotatable bonds is 5. The maximum atomic E-state index is 12.9. The van der Waals surface area contributed by atoms with Gasteiger partial charge >= 0.3 is 0 Å². The molecular weight excluding hydrogens is 366 g/mol. The number of anilines is 2. The number of amides is 1. The summed E-state index contributed by atoms with van der Waals surface area (Å²) >= 11 is 0. The second-order valence-corrected chi connectivity index (χ2v) is 7.21. The van der Waals surface area contributed by atoms with Crippen molar-refractivity contribution in [3.05, 3.63) is 60.9 Å². The number of benzene rings is 2. The van der Waals surface area contributed by atoms with Crippen LogP contribution >= 0.6 is 0 Å². The van der Waals surface area contributed by atoms with E-state index in [0.717, 1.165) is 22.0 Å². The fourth-order valence-corrected chi connectivity index (χ4v) is 3.38.